The van der Waals surface area contributed by atoms with Crippen LogP contribution in [0.4, 0.5) is 5.69 Å². The third-order valence-corrected chi connectivity index (χ3v) is 5.25. The third kappa shape index (κ3) is 5.81. The van der Waals surface area contributed by atoms with E-state index in [-0.39, 0.29) is 5.91 Å². The summed E-state index contributed by atoms with van der Waals surface area (Å²) in [5.74, 6) is 0.462. The van der Waals surface area contributed by atoms with E-state index in [0.717, 1.165) is 38.5 Å². The molecule has 1 heterocycles. The Hall–Kier alpha value is -2.90. The lowest BCUT2D eigenvalue weighted by Crippen LogP contribution is -2.48. The van der Waals surface area contributed by atoms with E-state index in [1.54, 1.807) is 31.4 Å². The Labute approximate surface area is 177 Å². The highest BCUT2D eigenvalue weighted by Crippen LogP contribution is 2.22. The smallest absolute Gasteiger partial charge is 0.337 e. The van der Waals surface area contributed by atoms with Crippen molar-refractivity contribution >= 4 is 17.6 Å². The Kier molecular flexibility index (Phi) is 7.43. The molecule has 2 aromatic carbocycles. The molecule has 30 heavy (non-hydrogen) atoms. The van der Waals surface area contributed by atoms with Crippen LogP contribution in [-0.4, -0.2) is 68.6 Å². The molecule has 0 saturated carbocycles. The fourth-order valence-corrected chi connectivity index (χ4v) is 3.59. The average molecular weight is 412 g/mol. The number of ether oxygens (including phenoxy) is 2. The van der Waals surface area contributed by atoms with Gasteiger partial charge in [-0.25, -0.2) is 4.79 Å². The predicted octanol–water partition coefficient (Wildman–Crippen LogP) is 2.55. The molecule has 0 bridgehead atoms. The second-order valence-electron chi connectivity index (χ2n) is 7.48. The second kappa shape index (κ2) is 10.2. The van der Waals surface area contributed by atoms with Crippen molar-refractivity contribution in [3.63, 3.8) is 0 Å². The van der Waals surface area contributed by atoms with Gasteiger partial charge in [0.2, 0.25) is 5.91 Å². The Morgan fingerprint density at radius 3 is 2.27 bits per heavy atom. The Balaban J connectivity index is 1.46. The first-order valence-corrected chi connectivity index (χ1v) is 10.0. The molecule has 7 nitrogen and oxygen atoms in total. The van der Waals surface area contributed by atoms with Crippen LogP contribution in [-0.2, 0) is 16.1 Å². The van der Waals surface area contributed by atoms with Gasteiger partial charge >= 0.3 is 5.97 Å². The number of hydrogen-bond donors (Lipinski definition) is 1. The molecule has 0 radical (unpaired) electrons. The molecule has 1 fully saturated rings. The van der Waals surface area contributed by atoms with Crippen LogP contribution in [0.3, 0.4) is 0 Å². The van der Waals surface area contributed by atoms with Crippen molar-refractivity contribution in [2.24, 2.45) is 0 Å². The van der Waals surface area contributed by atoms with Crippen molar-refractivity contribution < 1.29 is 19.1 Å². The van der Waals surface area contributed by atoms with Gasteiger partial charge < -0.3 is 14.8 Å². The molecule has 0 spiro atoms. The number of esters is 1. The van der Waals surface area contributed by atoms with Crippen LogP contribution in [0.25, 0.3) is 0 Å². The van der Waals surface area contributed by atoms with Gasteiger partial charge in [-0.15, -0.1) is 0 Å². The number of piperazine rings is 1. The minimum absolute atomic E-state index is 0.0605. The molecular formula is C23H29N3O4. The van der Waals surface area contributed by atoms with E-state index >= 15 is 0 Å². The molecule has 0 aromatic heterocycles. The van der Waals surface area contributed by atoms with E-state index < -0.39 is 5.97 Å². The summed E-state index contributed by atoms with van der Waals surface area (Å²) < 4.78 is 10.2. The minimum atomic E-state index is -0.394. The van der Waals surface area contributed by atoms with Crippen LogP contribution in [0.5, 0.6) is 5.75 Å². The first kappa shape index (κ1) is 21.8. The third-order valence-electron chi connectivity index (χ3n) is 5.25. The van der Waals surface area contributed by atoms with E-state index in [0.29, 0.717) is 17.8 Å². The first-order chi connectivity index (χ1) is 14.5. The molecule has 0 atom stereocenters. The van der Waals surface area contributed by atoms with Crippen molar-refractivity contribution in [1.29, 1.82) is 0 Å². The molecule has 160 valence electrons. The summed E-state index contributed by atoms with van der Waals surface area (Å²) in [6.07, 6.45) is 0. The Morgan fingerprint density at radius 2 is 1.63 bits per heavy atom. The van der Waals surface area contributed by atoms with Gasteiger partial charge in [-0.3, -0.25) is 14.6 Å². The molecule has 0 aliphatic carbocycles. The van der Waals surface area contributed by atoms with Crippen LogP contribution < -0.4 is 10.1 Å². The summed E-state index contributed by atoms with van der Waals surface area (Å²) in [5, 5.41) is 2.88. The molecule has 1 aliphatic rings. The predicted molar refractivity (Wildman–Crippen MR) is 116 cm³/mol. The van der Waals surface area contributed by atoms with Gasteiger partial charge in [0, 0.05) is 44.0 Å². The van der Waals surface area contributed by atoms with E-state index in [9.17, 15) is 9.59 Å². The van der Waals surface area contributed by atoms with Gasteiger partial charge in [0.05, 0.1) is 26.3 Å². The van der Waals surface area contributed by atoms with Crippen LogP contribution in [0.15, 0.2) is 42.5 Å². The summed E-state index contributed by atoms with van der Waals surface area (Å²) in [6, 6.07) is 12.9. The number of carbonyl (C=O) groups excluding carboxylic acids is 2. The van der Waals surface area contributed by atoms with Gasteiger partial charge in [0.1, 0.15) is 5.75 Å². The van der Waals surface area contributed by atoms with Crippen molar-refractivity contribution in [2.75, 3.05) is 52.3 Å². The summed E-state index contributed by atoms with van der Waals surface area (Å²) in [7, 11) is 3.04. The van der Waals surface area contributed by atoms with Gasteiger partial charge in [-0.05, 0) is 37.3 Å². The number of methoxy groups -OCH3 is 2. The fourth-order valence-electron chi connectivity index (χ4n) is 3.59. The molecule has 1 N–H and O–H groups in total. The zero-order valence-electron chi connectivity index (χ0n) is 17.8. The monoisotopic (exact) mass is 411 g/mol. The number of hydrogen-bond acceptors (Lipinski definition) is 6. The summed E-state index contributed by atoms with van der Waals surface area (Å²) in [6.45, 7) is 6.75. The van der Waals surface area contributed by atoms with Gasteiger partial charge in [0.25, 0.3) is 0 Å². The number of nitrogens with one attached hydrogen (secondary N) is 1. The molecule has 7 heteroatoms. The molecule has 1 amide bonds. The van der Waals surface area contributed by atoms with Crippen molar-refractivity contribution in [2.45, 2.75) is 13.5 Å². The van der Waals surface area contributed by atoms with Crippen molar-refractivity contribution in [3.8, 4) is 5.75 Å². The zero-order valence-corrected chi connectivity index (χ0v) is 17.8. The number of benzene rings is 2. The Morgan fingerprint density at radius 1 is 0.967 bits per heavy atom. The lowest BCUT2D eigenvalue weighted by molar-refractivity contribution is -0.117. The van der Waals surface area contributed by atoms with Crippen molar-refractivity contribution in [1.82, 2.24) is 9.80 Å². The van der Waals surface area contributed by atoms with E-state index in [2.05, 4.69) is 38.9 Å². The number of carbonyl (C=O) groups is 2. The van der Waals surface area contributed by atoms with E-state index in [4.69, 9.17) is 4.74 Å². The summed E-state index contributed by atoms with van der Waals surface area (Å²) in [5.41, 5.74) is 3.54. The highest BCUT2D eigenvalue weighted by atomic mass is 16.5. The summed E-state index contributed by atoms with van der Waals surface area (Å²) in [4.78, 5) is 28.4. The van der Waals surface area contributed by atoms with Crippen LogP contribution >= 0.6 is 0 Å². The SMILES string of the molecule is COC(=O)c1ccc(NC(=O)CN2CCN(Cc3cc(C)ccc3OC)CC2)cc1. The van der Waals surface area contributed by atoms with Crippen LogP contribution in [0.2, 0.25) is 0 Å². The maximum absolute atomic E-state index is 12.4. The highest BCUT2D eigenvalue weighted by molar-refractivity contribution is 5.94. The summed E-state index contributed by atoms with van der Waals surface area (Å²) >= 11 is 0. The Bertz CT molecular complexity index is 875. The van der Waals surface area contributed by atoms with Crippen molar-refractivity contribution in [3.05, 3.63) is 59.2 Å². The van der Waals surface area contributed by atoms with Gasteiger partial charge in [-0.2, -0.15) is 0 Å². The topological polar surface area (TPSA) is 71.1 Å². The maximum Gasteiger partial charge on any atom is 0.337 e. The number of nitrogens with zero attached hydrogens (tertiary/aromatic N) is 2. The molecule has 1 saturated heterocycles. The number of aryl methyl sites for hydroxylation is 1. The lowest BCUT2D eigenvalue weighted by atomic mass is 10.1. The first-order valence-electron chi connectivity index (χ1n) is 10.0. The second-order valence-corrected chi connectivity index (χ2v) is 7.48. The van der Waals surface area contributed by atoms with E-state index in [1.165, 1.54) is 18.2 Å². The molecular weight excluding hydrogens is 382 g/mol. The van der Waals surface area contributed by atoms with Gasteiger partial charge in [-0.1, -0.05) is 17.7 Å². The maximum atomic E-state index is 12.4. The molecule has 2 aromatic rings. The normalized spacial score (nSPS) is 14.9. The number of amides is 1. The van der Waals surface area contributed by atoms with Crippen LogP contribution in [0, 0.1) is 6.92 Å². The fraction of sp³-hybridized carbons (Fsp3) is 0.391. The highest BCUT2D eigenvalue weighted by Gasteiger charge is 2.20. The lowest BCUT2D eigenvalue weighted by Gasteiger charge is -2.34. The average Bonchev–Trinajstić information content (AvgIpc) is 2.75. The standard InChI is InChI=1S/C23H29N3O4/c1-17-4-9-21(29-2)19(14-17)15-25-10-12-26(13-11-25)16-22(27)24-20-7-5-18(6-8-20)23(28)30-3/h4-9,14H,10-13,15-16H2,1-3H3,(H,24,27). The van der Waals surface area contributed by atoms with Gasteiger partial charge in [0.15, 0.2) is 0 Å². The zero-order chi connectivity index (χ0) is 21.5. The quantitative estimate of drug-likeness (QED) is 0.706. The molecule has 3 rings (SSSR count). The minimum Gasteiger partial charge on any atom is -0.496 e. The molecule has 1 aliphatic heterocycles. The number of rotatable bonds is 7. The largest absolute Gasteiger partial charge is 0.496 e. The van der Waals surface area contributed by atoms with E-state index in [1.807, 2.05) is 6.07 Å². The number of anilines is 1. The van der Waals surface area contributed by atoms with Crippen LogP contribution in [0.1, 0.15) is 21.5 Å². The molecule has 0 unspecified atom stereocenters.